The summed E-state index contributed by atoms with van der Waals surface area (Å²) in [6.07, 6.45) is 3.20. The highest BCUT2D eigenvalue weighted by Crippen LogP contribution is 2.27. The minimum Gasteiger partial charge on any atom is -0.463 e. The fourth-order valence-electron chi connectivity index (χ4n) is 3.99. The van der Waals surface area contributed by atoms with Crippen molar-refractivity contribution in [1.82, 2.24) is 10.2 Å². The lowest BCUT2D eigenvalue weighted by Crippen LogP contribution is -2.38. The summed E-state index contributed by atoms with van der Waals surface area (Å²) in [4.78, 5) is 15.0. The number of rotatable bonds is 4. The largest absolute Gasteiger partial charge is 0.463 e. The molecule has 1 fully saturated rings. The molecule has 1 amide bonds. The van der Waals surface area contributed by atoms with Crippen LogP contribution in [0.1, 0.15) is 12.8 Å². The zero-order valence-corrected chi connectivity index (χ0v) is 16.5. The first-order valence-corrected chi connectivity index (χ1v) is 10.2. The van der Waals surface area contributed by atoms with Gasteiger partial charge in [0.15, 0.2) is 11.6 Å². The van der Waals surface area contributed by atoms with E-state index in [0.717, 1.165) is 48.2 Å². The van der Waals surface area contributed by atoms with Gasteiger partial charge >= 0.3 is 0 Å². The maximum absolute atomic E-state index is 12.9. The summed E-state index contributed by atoms with van der Waals surface area (Å²) in [5, 5.41) is 13.9. The van der Waals surface area contributed by atoms with Crippen LogP contribution in [0.15, 0.2) is 77.4 Å². The van der Waals surface area contributed by atoms with E-state index in [4.69, 9.17) is 4.42 Å². The lowest BCUT2D eigenvalue weighted by atomic mass is 9.95. The van der Waals surface area contributed by atoms with Crippen LogP contribution in [0.3, 0.4) is 0 Å². The molecule has 2 aromatic heterocycles. The monoisotopic (exact) mass is 398 g/mol. The summed E-state index contributed by atoms with van der Waals surface area (Å²) in [6.45, 7) is 1.56. The Balaban J connectivity index is 1.22. The number of carbonyl (C=O) groups excluding carboxylic acids is 1. The van der Waals surface area contributed by atoms with E-state index in [9.17, 15) is 4.79 Å². The number of nitrogens with one attached hydrogen (secondary N) is 1. The van der Waals surface area contributed by atoms with Crippen molar-refractivity contribution in [3.05, 3.63) is 73.0 Å². The van der Waals surface area contributed by atoms with Crippen molar-refractivity contribution in [2.45, 2.75) is 12.8 Å². The van der Waals surface area contributed by atoms with E-state index in [-0.39, 0.29) is 11.8 Å². The van der Waals surface area contributed by atoms with Crippen molar-refractivity contribution in [3.63, 3.8) is 0 Å². The Morgan fingerprint density at radius 2 is 1.77 bits per heavy atom. The summed E-state index contributed by atoms with van der Waals surface area (Å²) in [5.74, 6) is 1.62. The maximum Gasteiger partial charge on any atom is 0.227 e. The van der Waals surface area contributed by atoms with E-state index in [2.05, 4.69) is 32.5 Å². The van der Waals surface area contributed by atoms with Crippen LogP contribution in [0.25, 0.3) is 22.2 Å². The van der Waals surface area contributed by atoms with Gasteiger partial charge in [0.05, 0.1) is 6.26 Å². The molecule has 2 aromatic carbocycles. The normalized spacial score (nSPS) is 14.7. The number of amides is 1. The van der Waals surface area contributed by atoms with Gasteiger partial charge in [-0.05, 0) is 48.6 Å². The molecule has 150 valence electrons. The third-order valence-electron chi connectivity index (χ3n) is 5.66. The summed E-state index contributed by atoms with van der Waals surface area (Å²) in [5.41, 5.74) is 1.59. The number of anilines is 2. The first-order chi connectivity index (χ1) is 14.8. The second kappa shape index (κ2) is 7.99. The molecule has 0 unspecified atom stereocenters. The molecule has 6 nitrogen and oxygen atoms in total. The molecule has 0 atom stereocenters. The van der Waals surface area contributed by atoms with Crippen molar-refractivity contribution in [2.24, 2.45) is 5.92 Å². The van der Waals surface area contributed by atoms with Crippen molar-refractivity contribution < 1.29 is 9.21 Å². The van der Waals surface area contributed by atoms with Gasteiger partial charge in [0.25, 0.3) is 0 Å². The molecular formula is C24H22N4O2. The molecule has 0 aliphatic carbocycles. The van der Waals surface area contributed by atoms with Crippen molar-refractivity contribution in [2.75, 3.05) is 23.3 Å². The third-order valence-corrected chi connectivity index (χ3v) is 5.66. The van der Waals surface area contributed by atoms with Crippen LogP contribution in [-0.2, 0) is 4.79 Å². The van der Waals surface area contributed by atoms with Crippen LogP contribution in [0.4, 0.5) is 11.5 Å². The number of fused-ring (bicyclic) bond motifs is 1. The molecule has 5 rings (SSSR count). The van der Waals surface area contributed by atoms with E-state index in [1.165, 1.54) is 0 Å². The first kappa shape index (κ1) is 18.4. The number of hydrogen-bond acceptors (Lipinski definition) is 5. The molecular weight excluding hydrogens is 376 g/mol. The Bertz CT molecular complexity index is 1140. The van der Waals surface area contributed by atoms with Crippen LogP contribution >= 0.6 is 0 Å². The smallest absolute Gasteiger partial charge is 0.227 e. The van der Waals surface area contributed by atoms with Gasteiger partial charge in [0, 0.05) is 30.1 Å². The van der Waals surface area contributed by atoms with E-state index in [1.54, 1.807) is 6.26 Å². The highest BCUT2D eigenvalue weighted by molar-refractivity contribution is 6.02. The fraction of sp³-hybridized carbons (Fsp3) is 0.208. The first-order valence-electron chi connectivity index (χ1n) is 10.2. The number of benzene rings is 2. The average molecular weight is 398 g/mol. The minimum atomic E-state index is -0.00410. The molecule has 1 aliphatic rings. The molecule has 30 heavy (non-hydrogen) atoms. The fourth-order valence-corrected chi connectivity index (χ4v) is 3.99. The molecule has 0 radical (unpaired) electrons. The minimum absolute atomic E-state index is 0.00410. The van der Waals surface area contributed by atoms with Gasteiger partial charge in [-0.1, -0.05) is 36.4 Å². The highest BCUT2D eigenvalue weighted by Gasteiger charge is 2.26. The molecule has 0 bridgehead atoms. The van der Waals surface area contributed by atoms with Crippen LogP contribution < -0.4 is 10.2 Å². The Kier molecular flexibility index (Phi) is 4.89. The molecule has 4 aromatic rings. The maximum atomic E-state index is 12.9. The van der Waals surface area contributed by atoms with Gasteiger partial charge in [-0.15, -0.1) is 10.2 Å². The zero-order chi connectivity index (χ0) is 20.3. The lowest BCUT2D eigenvalue weighted by Gasteiger charge is -2.31. The molecule has 3 heterocycles. The van der Waals surface area contributed by atoms with Crippen LogP contribution in [0.2, 0.25) is 0 Å². The molecule has 6 heteroatoms. The number of aromatic nitrogens is 2. The van der Waals surface area contributed by atoms with E-state index < -0.39 is 0 Å². The van der Waals surface area contributed by atoms with Crippen LogP contribution in [0, 0.1) is 5.92 Å². The summed E-state index contributed by atoms with van der Waals surface area (Å²) >= 11 is 0. The molecule has 1 aliphatic heterocycles. The molecule has 0 saturated carbocycles. The Labute approximate surface area is 174 Å². The van der Waals surface area contributed by atoms with Gasteiger partial charge in [-0.3, -0.25) is 4.79 Å². The summed E-state index contributed by atoms with van der Waals surface area (Å²) in [6, 6.07) is 21.7. The van der Waals surface area contributed by atoms with Crippen LogP contribution in [-0.4, -0.2) is 29.2 Å². The van der Waals surface area contributed by atoms with Gasteiger partial charge < -0.3 is 14.6 Å². The number of piperidine rings is 1. The number of nitrogens with zero attached hydrogens (tertiary/aromatic N) is 3. The van der Waals surface area contributed by atoms with Gasteiger partial charge in [0.2, 0.25) is 5.91 Å². The van der Waals surface area contributed by atoms with Crippen molar-refractivity contribution >= 4 is 28.2 Å². The predicted molar refractivity (Wildman–Crippen MR) is 117 cm³/mol. The van der Waals surface area contributed by atoms with Gasteiger partial charge in [0.1, 0.15) is 5.69 Å². The molecule has 0 spiro atoms. The second-order valence-corrected chi connectivity index (χ2v) is 7.53. The third kappa shape index (κ3) is 3.64. The Morgan fingerprint density at radius 3 is 2.53 bits per heavy atom. The van der Waals surface area contributed by atoms with E-state index in [1.807, 2.05) is 54.6 Å². The predicted octanol–water partition coefficient (Wildman–Crippen LogP) is 4.74. The second-order valence-electron chi connectivity index (χ2n) is 7.53. The number of furan rings is 1. The topological polar surface area (TPSA) is 71.3 Å². The number of carbonyl (C=O) groups is 1. The standard InChI is InChI=1S/C24H22N4O2/c29-24(25-20-8-3-6-17-5-1-2-7-19(17)20)18-12-14-28(15-13-18)23-11-10-21(26-27-23)22-9-4-16-30-22/h1-11,16,18H,12-15H2,(H,25,29). The van der Waals surface area contributed by atoms with Gasteiger partial charge in [-0.2, -0.15) is 0 Å². The summed E-state index contributed by atoms with van der Waals surface area (Å²) in [7, 11) is 0. The lowest BCUT2D eigenvalue weighted by molar-refractivity contribution is -0.120. The zero-order valence-electron chi connectivity index (χ0n) is 16.5. The van der Waals surface area contributed by atoms with E-state index >= 15 is 0 Å². The van der Waals surface area contributed by atoms with Crippen molar-refractivity contribution in [1.29, 1.82) is 0 Å². The highest BCUT2D eigenvalue weighted by atomic mass is 16.3. The number of hydrogen-bond donors (Lipinski definition) is 1. The van der Waals surface area contributed by atoms with Gasteiger partial charge in [-0.25, -0.2) is 0 Å². The van der Waals surface area contributed by atoms with Crippen LogP contribution in [0.5, 0.6) is 0 Å². The quantitative estimate of drug-likeness (QED) is 0.537. The Hall–Kier alpha value is -3.67. The van der Waals surface area contributed by atoms with E-state index in [0.29, 0.717) is 11.5 Å². The molecule has 1 N–H and O–H groups in total. The molecule has 1 saturated heterocycles. The average Bonchev–Trinajstić information content (AvgIpc) is 3.35. The SMILES string of the molecule is O=C(Nc1cccc2ccccc12)C1CCN(c2ccc(-c3ccco3)nn2)CC1. The summed E-state index contributed by atoms with van der Waals surface area (Å²) < 4.78 is 5.36. The van der Waals surface area contributed by atoms with Crippen molar-refractivity contribution in [3.8, 4) is 11.5 Å². The Morgan fingerprint density at radius 1 is 0.933 bits per heavy atom.